The average Bonchev–Trinajstić information content (AvgIpc) is 2.58. The van der Waals surface area contributed by atoms with E-state index in [0.29, 0.717) is 5.82 Å². The van der Waals surface area contributed by atoms with Crippen molar-refractivity contribution in [2.45, 2.75) is 52.0 Å². The molecule has 0 unspecified atom stereocenters. The van der Waals surface area contributed by atoms with Crippen molar-refractivity contribution >= 4 is 5.82 Å². The highest BCUT2D eigenvalue weighted by molar-refractivity contribution is 5.19. The lowest BCUT2D eigenvalue weighted by Crippen LogP contribution is -1.98. The van der Waals surface area contributed by atoms with Gasteiger partial charge in [0.2, 0.25) is 0 Å². The second-order valence-corrected chi connectivity index (χ2v) is 3.67. The van der Waals surface area contributed by atoms with Crippen LogP contribution in [-0.4, -0.2) is 15.0 Å². The van der Waals surface area contributed by atoms with Gasteiger partial charge >= 0.3 is 0 Å². The minimum Gasteiger partial charge on any atom is -0.381 e. The van der Waals surface area contributed by atoms with Crippen LogP contribution < -0.4 is 5.73 Å². The number of rotatable bonds is 7. The molecule has 1 heterocycles. The summed E-state index contributed by atoms with van der Waals surface area (Å²) < 4.78 is 1.81. The lowest BCUT2D eigenvalue weighted by Gasteiger charge is -2.00. The summed E-state index contributed by atoms with van der Waals surface area (Å²) >= 11 is 0. The first kappa shape index (κ1) is 11.0. The van der Waals surface area contributed by atoms with Crippen LogP contribution in [0, 0.1) is 0 Å². The molecule has 0 aliphatic heterocycles. The molecule has 4 nitrogen and oxygen atoms in total. The zero-order valence-electron chi connectivity index (χ0n) is 8.95. The van der Waals surface area contributed by atoms with E-state index >= 15 is 0 Å². The Morgan fingerprint density at radius 2 is 1.93 bits per heavy atom. The number of nitrogens with two attached hydrogens (primary N) is 1. The van der Waals surface area contributed by atoms with Gasteiger partial charge in [0.25, 0.3) is 0 Å². The quantitative estimate of drug-likeness (QED) is 0.680. The summed E-state index contributed by atoms with van der Waals surface area (Å²) in [6.07, 6.45) is 9.59. The van der Waals surface area contributed by atoms with E-state index in [9.17, 15) is 0 Å². The van der Waals surface area contributed by atoms with Crippen LogP contribution in [0.15, 0.2) is 6.20 Å². The van der Waals surface area contributed by atoms with E-state index in [4.69, 9.17) is 5.73 Å². The zero-order chi connectivity index (χ0) is 10.2. The van der Waals surface area contributed by atoms with Crippen molar-refractivity contribution in [1.29, 1.82) is 0 Å². The predicted octanol–water partition coefficient (Wildman–Crippen LogP) is 2.22. The molecule has 1 rings (SSSR count). The molecule has 0 atom stereocenters. The van der Waals surface area contributed by atoms with E-state index in [2.05, 4.69) is 17.2 Å². The van der Waals surface area contributed by atoms with Crippen LogP contribution in [0.1, 0.15) is 45.4 Å². The van der Waals surface area contributed by atoms with Gasteiger partial charge in [0, 0.05) is 6.54 Å². The van der Waals surface area contributed by atoms with Gasteiger partial charge in [0.15, 0.2) is 5.82 Å². The van der Waals surface area contributed by atoms with Gasteiger partial charge in [-0.1, -0.05) is 44.2 Å². The molecule has 0 aliphatic rings. The van der Waals surface area contributed by atoms with Crippen molar-refractivity contribution in [2.75, 3.05) is 5.73 Å². The summed E-state index contributed by atoms with van der Waals surface area (Å²) in [5, 5.41) is 7.63. The van der Waals surface area contributed by atoms with Gasteiger partial charge in [-0.05, 0) is 6.42 Å². The highest BCUT2D eigenvalue weighted by atomic mass is 15.4. The summed E-state index contributed by atoms with van der Waals surface area (Å²) in [6, 6.07) is 0. The van der Waals surface area contributed by atoms with Crippen LogP contribution >= 0.6 is 0 Å². The maximum atomic E-state index is 5.45. The number of hydrogen-bond acceptors (Lipinski definition) is 3. The van der Waals surface area contributed by atoms with E-state index in [-0.39, 0.29) is 0 Å². The number of anilines is 1. The van der Waals surface area contributed by atoms with Gasteiger partial charge in [-0.25, -0.2) is 0 Å². The molecule has 0 amide bonds. The largest absolute Gasteiger partial charge is 0.381 e. The monoisotopic (exact) mass is 196 g/mol. The lowest BCUT2D eigenvalue weighted by atomic mass is 10.1. The molecule has 0 saturated carbocycles. The molecule has 0 spiro atoms. The van der Waals surface area contributed by atoms with Crippen molar-refractivity contribution in [2.24, 2.45) is 0 Å². The summed E-state index contributed by atoms with van der Waals surface area (Å²) in [5.74, 6) is 0.510. The summed E-state index contributed by atoms with van der Waals surface area (Å²) in [6.45, 7) is 3.18. The van der Waals surface area contributed by atoms with Crippen molar-refractivity contribution in [3.63, 3.8) is 0 Å². The Morgan fingerprint density at radius 3 is 2.57 bits per heavy atom. The third-order valence-electron chi connectivity index (χ3n) is 2.30. The number of aromatic nitrogens is 3. The Balaban J connectivity index is 1.99. The summed E-state index contributed by atoms with van der Waals surface area (Å²) in [5.41, 5.74) is 5.45. The Kier molecular flexibility index (Phi) is 5.04. The molecule has 0 aromatic carbocycles. The van der Waals surface area contributed by atoms with Gasteiger partial charge in [-0.3, -0.25) is 4.68 Å². The molecule has 0 saturated heterocycles. The standard InChI is InChI=1S/C10H20N4/c1-2-3-4-5-6-7-8-14-9-10(11)12-13-14/h9H,2-8,11H2,1H3. The normalized spacial score (nSPS) is 10.6. The smallest absolute Gasteiger partial charge is 0.165 e. The molecule has 1 aromatic heterocycles. The first-order valence-electron chi connectivity index (χ1n) is 5.48. The average molecular weight is 196 g/mol. The molecule has 0 aliphatic carbocycles. The van der Waals surface area contributed by atoms with Crippen LogP contribution in [0.3, 0.4) is 0 Å². The molecule has 0 fully saturated rings. The summed E-state index contributed by atoms with van der Waals surface area (Å²) in [7, 11) is 0. The van der Waals surface area contributed by atoms with Gasteiger partial charge in [-0.2, -0.15) is 0 Å². The molecular weight excluding hydrogens is 176 g/mol. The Bertz CT molecular complexity index is 244. The van der Waals surface area contributed by atoms with Gasteiger partial charge < -0.3 is 5.73 Å². The third-order valence-corrected chi connectivity index (χ3v) is 2.30. The maximum Gasteiger partial charge on any atom is 0.165 e. The fourth-order valence-corrected chi connectivity index (χ4v) is 1.48. The minimum absolute atomic E-state index is 0.510. The lowest BCUT2D eigenvalue weighted by molar-refractivity contribution is 0.516. The first-order valence-corrected chi connectivity index (χ1v) is 5.48. The fourth-order valence-electron chi connectivity index (χ4n) is 1.48. The van der Waals surface area contributed by atoms with Gasteiger partial charge in [-0.15, -0.1) is 5.10 Å². The van der Waals surface area contributed by atoms with E-state index in [1.54, 1.807) is 6.20 Å². The Labute approximate surface area is 85.5 Å². The molecule has 1 aromatic rings. The third kappa shape index (κ3) is 4.25. The molecule has 0 bridgehead atoms. The number of nitrogen functional groups attached to an aromatic ring is 1. The molecule has 2 N–H and O–H groups in total. The van der Waals surface area contributed by atoms with Crippen molar-refractivity contribution in [3.8, 4) is 0 Å². The molecular formula is C10H20N4. The van der Waals surface area contributed by atoms with Crippen LogP contribution in [0.5, 0.6) is 0 Å². The van der Waals surface area contributed by atoms with Gasteiger partial charge in [0.05, 0.1) is 6.20 Å². The maximum absolute atomic E-state index is 5.45. The molecule has 80 valence electrons. The van der Waals surface area contributed by atoms with Crippen LogP contribution in [0.2, 0.25) is 0 Å². The van der Waals surface area contributed by atoms with E-state index in [1.165, 1.54) is 38.5 Å². The van der Waals surface area contributed by atoms with Crippen LogP contribution in [-0.2, 0) is 6.54 Å². The molecule has 14 heavy (non-hydrogen) atoms. The molecule has 0 radical (unpaired) electrons. The summed E-state index contributed by atoms with van der Waals surface area (Å²) in [4.78, 5) is 0. The van der Waals surface area contributed by atoms with Crippen molar-refractivity contribution in [3.05, 3.63) is 6.20 Å². The van der Waals surface area contributed by atoms with Crippen LogP contribution in [0.25, 0.3) is 0 Å². The minimum atomic E-state index is 0.510. The second-order valence-electron chi connectivity index (χ2n) is 3.67. The number of nitrogens with zero attached hydrogens (tertiary/aromatic N) is 3. The topological polar surface area (TPSA) is 56.7 Å². The van der Waals surface area contributed by atoms with E-state index in [0.717, 1.165) is 6.54 Å². The highest BCUT2D eigenvalue weighted by Gasteiger charge is 1.95. The first-order chi connectivity index (χ1) is 6.83. The Morgan fingerprint density at radius 1 is 1.21 bits per heavy atom. The number of hydrogen-bond donors (Lipinski definition) is 1. The van der Waals surface area contributed by atoms with E-state index < -0.39 is 0 Å². The van der Waals surface area contributed by atoms with Crippen molar-refractivity contribution in [1.82, 2.24) is 15.0 Å². The predicted molar refractivity (Wildman–Crippen MR) is 57.8 cm³/mol. The number of unbranched alkanes of at least 4 members (excludes halogenated alkanes) is 5. The fraction of sp³-hybridized carbons (Fsp3) is 0.800. The second kappa shape index (κ2) is 6.40. The highest BCUT2D eigenvalue weighted by Crippen LogP contribution is 2.06. The number of aryl methyl sites for hydroxylation is 1. The van der Waals surface area contributed by atoms with E-state index in [1.807, 2.05) is 4.68 Å². The Hall–Kier alpha value is -1.06. The van der Waals surface area contributed by atoms with Crippen molar-refractivity contribution < 1.29 is 0 Å². The van der Waals surface area contributed by atoms with Crippen LogP contribution in [0.4, 0.5) is 5.82 Å². The molecule has 4 heteroatoms. The van der Waals surface area contributed by atoms with Gasteiger partial charge in [0.1, 0.15) is 0 Å². The zero-order valence-corrected chi connectivity index (χ0v) is 8.95. The SMILES string of the molecule is CCCCCCCCn1cc(N)nn1.